The minimum absolute atomic E-state index is 0.101. The molecule has 1 aliphatic heterocycles. The summed E-state index contributed by atoms with van der Waals surface area (Å²) < 4.78 is 19.0. The van der Waals surface area contributed by atoms with Gasteiger partial charge in [0.2, 0.25) is 5.91 Å². The van der Waals surface area contributed by atoms with Crippen LogP contribution in [0.2, 0.25) is 0 Å². The first-order valence-corrected chi connectivity index (χ1v) is 8.27. The fourth-order valence-corrected chi connectivity index (χ4v) is 2.93. The standard InChI is InChI=1S/C18H21FN4O2/c1-23(16-11-20-8-9-21-16)12-17(24)22-18(15-3-2-10-25-15)13-4-6-14(19)7-5-13/h4-9,11,15,18H,2-3,10,12H2,1H3,(H,22,24)/t15-,18+/m0/s1. The van der Waals surface area contributed by atoms with Gasteiger partial charge in [-0.25, -0.2) is 9.37 Å². The molecular formula is C18H21FN4O2. The van der Waals surface area contributed by atoms with Gasteiger partial charge < -0.3 is 15.0 Å². The van der Waals surface area contributed by atoms with Crippen molar-refractivity contribution in [3.63, 3.8) is 0 Å². The van der Waals surface area contributed by atoms with Gasteiger partial charge in [-0.15, -0.1) is 0 Å². The topological polar surface area (TPSA) is 67.4 Å². The Kier molecular flexibility index (Phi) is 5.55. The van der Waals surface area contributed by atoms with Crippen LogP contribution in [0, 0.1) is 5.82 Å². The van der Waals surface area contributed by atoms with E-state index in [1.165, 1.54) is 12.1 Å². The molecule has 0 bridgehead atoms. The van der Waals surface area contributed by atoms with Crippen molar-refractivity contribution in [1.29, 1.82) is 0 Å². The van der Waals surface area contributed by atoms with E-state index >= 15 is 0 Å². The van der Waals surface area contributed by atoms with Crippen molar-refractivity contribution < 1.29 is 13.9 Å². The van der Waals surface area contributed by atoms with Crippen LogP contribution in [0.5, 0.6) is 0 Å². The van der Waals surface area contributed by atoms with Gasteiger partial charge in [-0.2, -0.15) is 0 Å². The SMILES string of the molecule is CN(CC(=O)N[C@H](c1ccc(F)cc1)[C@@H]1CCCO1)c1cnccn1. The molecule has 1 aromatic carbocycles. The van der Waals surface area contributed by atoms with Crippen LogP contribution in [0.1, 0.15) is 24.4 Å². The van der Waals surface area contributed by atoms with E-state index in [0.717, 1.165) is 18.4 Å². The number of benzene rings is 1. The smallest absolute Gasteiger partial charge is 0.240 e. The number of nitrogens with one attached hydrogen (secondary N) is 1. The van der Waals surface area contributed by atoms with Crippen molar-refractivity contribution >= 4 is 11.7 Å². The number of rotatable bonds is 6. The predicted molar refractivity (Wildman–Crippen MR) is 91.6 cm³/mol. The Morgan fingerprint density at radius 3 is 2.84 bits per heavy atom. The Labute approximate surface area is 146 Å². The van der Waals surface area contributed by atoms with Crippen molar-refractivity contribution in [1.82, 2.24) is 15.3 Å². The number of halogens is 1. The summed E-state index contributed by atoms with van der Waals surface area (Å²) in [7, 11) is 1.78. The van der Waals surface area contributed by atoms with E-state index in [4.69, 9.17) is 4.74 Å². The predicted octanol–water partition coefficient (Wildman–Crippen LogP) is 2.09. The van der Waals surface area contributed by atoms with Gasteiger partial charge >= 0.3 is 0 Å². The number of anilines is 1. The maximum absolute atomic E-state index is 13.2. The fourth-order valence-electron chi connectivity index (χ4n) is 2.93. The lowest BCUT2D eigenvalue weighted by Crippen LogP contribution is -2.41. The lowest BCUT2D eigenvalue weighted by molar-refractivity contribution is -0.121. The molecule has 2 atom stereocenters. The van der Waals surface area contributed by atoms with E-state index < -0.39 is 0 Å². The number of aromatic nitrogens is 2. The van der Waals surface area contributed by atoms with E-state index in [-0.39, 0.29) is 30.4 Å². The van der Waals surface area contributed by atoms with Gasteiger partial charge in [0, 0.05) is 26.0 Å². The van der Waals surface area contributed by atoms with Crippen molar-refractivity contribution in [2.45, 2.75) is 25.0 Å². The zero-order chi connectivity index (χ0) is 17.6. The highest BCUT2D eigenvalue weighted by Gasteiger charge is 2.29. The van der Waals surface area contributed by atoms with Gasteiger partial charge in [-0.1, -0.05) is 12.1 Å². The summed E-state index contributed by atoms with van der Waals surface area (Å²) >= 11 is 0. The van der Waals surface area contributed by atoms with Crippen LogP contribution in [0.25, 0.3) is 0 Å². The monoisotopic (exact) mass is 344 g/mol. The number of nitrogens with zero attached hydrogens (tertiary/aromatic N) is 3. The summed E-state index contributed by atoms with van der Waals surface area (Å²) in [5, 5.41) is 3.02. The highest BCUT2D eigenvalue weighted by atomic mass is 19.1. The van der Waals surface area contributed by atoms with Gasteiger partial charge in [-0.05, 0) is 30.5 Å². The van der Waals surface area contributed by atoms with Crippen molar-refractivity contribution in [2.24, 2.45) is 0 Å². The molecule has 0 radical (unpaired) electrons. The molecule has 7 heteroatoms. The Morgan fingerprint density at radius 2 is 2.20 bits per heavy atom. The third-order valence-corrected chi connectivity index (χ3v) is 4.20. The number of amides is 1. The van der Waals surface area contributed by atoms with Crippen LogP contribution in [-0.2, 0) is 9.53 Å². The number of hydrogen-bond donors (Lipinski definition) is 1. The molecule has 25 heavy (non-hydrogen) atoms. The summed E-state index contributed by atoms with van der Waals surface area (Å²) in [5.74, 6) is 0.162. The molecule has 1 fully saturated rings. The molecule has 132 valence electrons. The zero-order valence-electron chi connectivity index (χ0n) is 14.1. The maximum atomic E-state index is 13.2. The highest BCUT2D eigenvalue weighted by Crippen LogP contribution is 2.27. The number of carbonyl (C=O) groups excluding carboxylic acids is 1. The minimum atomic E-state index is -0.302. The third kappa shape index (κ3) is 4.51. The van der Waals surface area contributed by atoms with E-state index in [9.17, 15) is 9.18 Å². The summed E-state index contributed by atoms with van der Waals surface area (Å²) in [6, 6.07) is 5.87. The van der Waals surface area contributed by atoms with Crippen LogP contribution in [0.3, 0.4) is 0 Å². The van der Waals surface area contributed by atoms with Crippen LogP contribution in [-0.4, -0.2) is 42.2 Å². The molecule has 0 saturated carbocycles. The van der Waals surface area contributed by atoms with Gasteiger partial charge in [0.25, 0.3) is 0 Å². The van der Waals surface area contributed by atoms with Crippen molar-refractivity contribution in [3.8, 4) is 0 Å². The Balaban J connectivity index is 1.69. The lowest BCUT2D eigenvalue weighted by Gasteiger charge is -2.26. The molecule has 0 unspecified atom stereocenters. The number of carbonyl (C=O) groups is 1. The summed E-state index contributed by atoms with van der Waals surface area (Å²) in [4.78, 5) is 22.4. The first kappa shape index (κ1) is 17.3. The minimum Gasteiger partial charge on any atom is -0.376 e. The van der Waals surface area contributed by atoms with E-state index in [2.05, 4.69) is 15.3 Å². The molecule has 3 rings (SSSR count). The quantitative estimate of drug-likeness (QED) is 0.869. The van der Waals surface area contributed by atoms with Crippen LogP contribution in [0.4, 0.5) is 10.2 Å². The Hall–Kier alpha value is -2.54. The molecule has 1 amide bonds. The Morgan fingerprint density at radius 1 is 1.40 bits per heavy atom. The average Bonchev–Trinajstić information content (AvgIpc) is 3.15. The summed E-state index contributed by atoms with van der Waals surface area (Å²) in [6.07, 6.45) is 6.48. The zero-order valence-corrected chi connectivity index (χ0v) is 14.1. The molecule has 1 aliphatic rings. The molecule has 1 aromatic heterocycles. The van der Waals surface area contributed by atoms with Crippen molar-refractivity contribution in [2.75, 3.05) is 25.1 Å². The molecule has 0 spiro atoms. The first-order chi connectivity index (χ1) is 12.1. The highest BCUT2D eigenvalue weighted by molar-refractivity contribution is 5.81. The summed E-state index contributed by atoms with van der Waals surface area (Å²) in [5.41, 5.74) is 0.837. The number of hydrogen-bond acceptors (Lipinski definition) is 5. The van der Waals surface area contributed by atoms with Crippen molar-refractivity contribution in [3.05, 3.63) is 54.2 Å². The van der Waals surface area contributed by atoms with Crippen LogP contribution < -0.4 is 10.2 Å². The molecule has 2 heterocycles. The number of ether oxygens (including phenoxy) is 1. The molecule has 1 N–H and O–H groups in total. The Bertz CT molecular complexity index is 690. The first-order valence-electron chi connectivity index (χ1n) is 8.27. The second kappa shape index (κ2) is 8.02. The van der Waals surface area contributed by atoms with Gasteiger partial charge in [-0.3, -0.25) is 9.78 Å². The molecular weight excluding hydrogens is 323 g/mol. The summed E-state index contributed by atoms with van der Waals surface area (Å²) in [6.45, 7) is 0.820. The normalized spacial score (nSPS) is 17.9. The molecule has 0 aliphatic carbocycles. The molecule has 1 saturated heterocycles. The lowest BCUT2D eigenvalue weighted by atomic mass is 9.99. The number of likely N-dealkylation sites (N-methyl/N-ethyl adjacent to an activating group) is 1. The third-order valence-electron chi connectivity index (χ3n) is 4.20. The second-order valence-corrected chi connectivity index (χ2v) is 6.07. The molecule has 2 aromatic rings. The van der Waals surface area contributed by atoms with E-state index in [1.54, 1.807) is 42.7 Å². The van der Waals surface area contributed by atoms with E-state index in [1.807, 2.05) is 0 Å². The maximum Gasteiger partial charge on any atom is 0.240 e. The average molecular weight is 344 g/mol. The van der Waals surface area contributed by atoms with Gasteiger partial charge in [0.05, 0.1) is 24.9 Å². The molecule has 6 nitrogen and oxygen atoms in total. The van der Waals surface area contributed by atoms with Crippen LogP contribution >= 0.6 is 0 Å². The fraction of sp³-hybridized carbons (Fsp3) is 0.389. The van der Waals surface area contributed by atoms with Crippen LogP contribution in [0.15, 0.2) is 42.9 Å². The van der Waals surface area contributed by atoms with Gasteiger partial charge in [0.1, 0.15) is 11.6 Å². The van der Waals surface area contributed by atoms with Gasteiger partial charge in [0.15, 0.2) is 0 Å². The van der Waals surface area contributed by atoms with E-state index in [0.29, 0.717) is 12.4 Å². The second-order valence-electron chi connectivity index (χ2n) is 6.07. The largest absolute Gasteiger partial charge is 0.376 e.